The van der Waals surface area contributed by atoms with E-state index in [0.717, 1.165) is 0 Å². The summed E-state index contributed by atoms with van der Waals surface area (Å²) < 4.78 is 0. The van der Waals surface area contributed by atoms with Crippen LogP contribution < -0.4 is 5.32 Å². The lowest BCUT2D eigenvalue weighted by Gasteiger charge is -2.27. The van der Waals surface area contributed by atoms with E-state index in [4.69, 9.17) is 5.11 Å². The van der Waals surface area contributed by atoms with Crippen molar-refractivity contribution in [2.75, 3.05) is 13.2 Å². The molecular formula is C16H25NO2. The third-order valence-corrected chi connectivity index (χ3v) is 3.40. The largest absolute Gasteiger partial charge is 0.387 e. The Kier molecular flexibility index (Phi) is 4.75. The second-order valence-corrected chi connectivity index (χ2v) is 6.65. The van der Waals surface area contributed by atoms with E-state index < -0.39 is 6.61 Å². The Hall–Kier alpha value is -1.35. The first-order valence-electron chi connectivity index (χ1n) is 6.65. The Morgan fingerprint density at radius 3 is 1.95 bits per heavy atom. The fourth-order valence-corrected chi connectivity index (χ4v) is 1.90. The molecule has 0 atom stereocenters. The van der Waals surface area contributed by atoms with Crippen LogP contribution in [0.15, 0.2) is 24.3 Å². The lowest BCUT2D eigenvalue weighted by Crippen LogP contribution is -2.38. The van der Waals surface area contributed by atoms with Gasteiger partial charge in [-0.3, -0.25) is 4.79 Å². The van der Waals surface area contributed by atoms with Gasteiger partial charge >= 0.3 is 0 Å². The van der Waals surface area contributed by atoms with Crippen molar-refractivity contribution >= 4 is 5.91 Å². The summed E-state index contributed by atoms with van der Waals surface area (Å²) in [5, 5.41) is 11.4. The topological polar surface area (TPSA) is 49.3 Å². The number of amides is 1. The quantitative estimate of drug-likeness (QED) is 0.876. The maximum atomic E-state index is 11.1. The Morgan fingerprint density at radius 1 is 1.05 bits per heavy atom. The highest BCUT2D eigenvalue weighted by atomic mass is 16.3. The van der Waals surface area contributed by atoms with Crippen molar-refractivity contribution in [3.05, 3.63) is 35.4 Å². The molecule has 1 amide bonds. The van der Waals surface area contributed by atoms with E-state index in [9.17, 15) is 4.79 Å². The van der Waals surface area contributed by atoms with Gasteiger partial charge in [0.25, 0.3) is 0 Å². The fourth-order valence-electron chi connectivity index (χ4n) is 1.90. The molecule has 0 saturated carbocycles. The second-order valence-electron chi connectivity index (χ2n) is 6.65. The highest BCUT2D eigenvalue weighted by molar-refractivity contribution is 5.76. The minimum atomic E-state index is -0.459. The maximum Gasteiger partial charge on any atom is 0.245 e. The first-order valence-corrected chi connectivity index (χ1v) is 6.65. The van der Waals surface area contributed by atoms with E-state index in [-0.39, 0.29) is 16.7 Å². The molecule has 3 heteroatoms. The molecule has 0 aromatic heterocycles. The van der Waals surface area contributed by atoms with E-state index in [2.05, 4.69) is 64.2 Å². The molecule has 19 heavy (non-hydrogen) atoms. The standard InChI is InChI=1S/C16H25NO2/c1-15(2,3)12-6-8-13(9-7-12)16(4,5)11-17-14(19)10-18/h6-9,18H,10-11H2,1-5H3,(H,17,19). The Balaban J connectivity index is 2.81. The van der Waals surface area contributed by atoms with Crippen molar-refractivity contribution < 1.29 is 9.90 Å². The zero-order valence-electron chi connectivity index (χ0n) is 12.6. The lowest BCUT2D eigenvalue weighted by molar-refractivity contribution is -0.124. The molecule has 0 aliphatic carbocycles. The molecule has 0 aliphatic rings. The summed E-state index contributed by atoms with van der Waals surface area (Å²) in [6.45, 7) is 10.8. The molecule has 1 aromatic rings. The molecular weight excluding hydrogens is 238 g/mol. The van der Waals surface area contributed by atoms with Crippen molar-refractivity contribution in [2.24, 2.45) is 0 Å². The first kappa shape index (κ1) is 15.7. The number of nitrogens with one attached hydrogen (secondary N) is 1. The summed E-state index contributed by atoms with van der Waals surface area (Å²) in [6.07, 6.45) is 0. The molecule has 106 valence electrons. The number of rotatable bonds is 4. The van der Waals surface area contributed by atoms with Crippen LogP contribution in [0.25, 0.3) is 0 Å². The van der Waals surface area contributed by atoms with E-state index in [1.54, 1.807) is 0 Å². The Morgan fingerprint density at radius 2 is 1.53 bits per heavy atom. The predicted molar refractivity (Wildman–Crippen MR) is 78.3 cm³/mol. The first-order chi connectivity index (χ1) is 8.66. The van der Waals surface area contributed by atoms with Crippen molar-refractivity contribution in [2.45, 2.75) is 45.4 Å². The molecule has 1 rings (SSSR count). The maximum absolute atomic E-state index is 11.1. The van der Waals surface area contributed by atoms with E-state index in [0.29, 0.717) is 6.54 Å². The highest BCUT2D eigenvalue weighted by Gasteiger charge is 2.22. The normalized spacial score (nSPS) is 12.3. The van der Waals surface area contributed by atoms with Crippen LogP contribution in [-0.2, 0) is 15.6 Å². The monoisotopic (exact) mass is 263 g/mol. The van der Waals surface area contributed by atoms with Gasteiger partial charge in [-0.15, -0.1) is 0 Å². The van der Waals surface area contributed by atoms with Gasteiger partial charge in [0, 0.05) is 12.0 Å². The summed E-state index contributed by atoms with van der Waals surface area (Å²) >= 11 is 0. The van der Waals surface area contributed by atoms with Gasteiger partial charge in [-0.1, -0.05) is 58.9 Å². The van der Waals surface area contributed by atoms with Crippen molar-refractivity contribution in [3.63, 3.8) is 0 Å². The van der Waals surface area contributed by atoms with Gasteiger partial charge in [0.05, 0.1) is 0 Å². The minimum Gasteiger partial charge on any atom is -0.387 e. The van der Waals surface area contributed by atoms with Crippen LogP contribution >= 0.6 is 0 Å². The van der Waals surface area contributed by atoms with Gasteiger partial charge < -0.3 is 10.4 Å². The molecule has 0 saturated heterocycles. The van der Waals surface area contributed by atoms with E-state index in [1.807, 2.05) is 0 Å². The van der Waals surface area contributed by atoms with Crippen molar-refractivity contribution in [1.29, 1.82) is 0 Å². The number of hydrogen-bond acceptors (Lipinski definition) is 2. The molecule has 0 unspecified atom stereocenters. The fraction of sp³-hybridized carbons (Fsp3) is 0.562. The molecule has 3 nitrogen and oxygen atoms in total. The Labute approximate surface area is 116 Å². The predicted octanol–water partition coefficient (Wildman–Crippen LogP) is 2.37. The Bertz CT molecular complexity index is 427. The average Bonchev–Trinajstić information content (AvgIpc) is 2.35. The SMILES string of the molecule is CC(C)(C)c1ccc(C(C)(C)CNC(=O)CO)cc1. The van der Waals surface area contributed by atoms with E-state index in [1.165, 1.54) is 11.1 Å². The number of carbonyl (C=O) groups excluding carboxylic acids is 1. The van der Waals surface area contributed by atoms with Gasteiger partial charge in [-0.25, -0.2) is 0 Å². The number of carbonyl (C=O) groups is 1. The van der Waals surface area contributed by atoms with Crippen molar-refractivity contribution in [3.8, 4) is 0 Å². The molecule has 0 heterocycles. The minimum absolute atomic E-state index is 0.147. The van der Waals surface area contributed by atoms with Crippen LogP contribution in [0.5, 0.6) is 0 Å². The summed E-state index contributed by atoms with van der Waals surface area (Å²) in [4.78, 5) is 11.1. The highest BCUT2D eigenvalue weighted by Crippen LogP contribution is 2.27. The third kappa shape index (κ3) is 4.35. The molecule has 0 aliphatic heterocycles. The summed E-state index contributed by atoms with van der Waals surface area (Å²) in [6, 6.07) is 8.52. The number of aliphatic hydroxyl groups excluding tert-OH is 1. The number of hydrogen-bond donors (Lipinski definition) is 2. The van der Waals surface area contributed by atoms with Crippen LogP contribution in [0.3, 0.4) is 0 Å². The zero-order chi connectivity index (χ0) is 14.7. The third-order valence-electron chi connectivity index (χ3n) is 3.40. The number of aliphatic hydroxyl groups is 1. The summed E-state index contributed by atoms with van der Waals surface area (Å²) in [5.74, 6) is -0.334. The molecule has 0 radical (unpaired) electrons. The van der Waals surface area contributed by atoms with Crippen LogP contribution in [0, 0.1) is 0 Å². The number of benzene rings is 1. The van der Waals surface area contributed by atoms with Crippen LogP contribution in [0.2, 0.25) is 0 Å². The average molecular weight is 263 g/mol. The zero-order valence-corrected chi connectivity index (χ0v) is 12.6. The van der Waals surface area contributed by atoms with Crippen LogP contribution in [-0.4, -0.2) is 24.2 Å². The lowest BCUT2D eigenvalue weighted by atomic mass is 9.81. The smallest absolute Gasteiger partial charge is 0.245 e. The molecule has 0 spiro atoms. The molecule has 2 N–H and O–H groups in total. The van der Waals surface area contributed by atoms with Gasteiger partial charge in [-0.05, 0) is 16.5 Å². The second kappa shape index (κ2) is 5.74. The summed E-state index contributed by atoms with van der Waals surface area (Å²) in [7, 11) is 0. The van der Waals surface area contributed by atoms with Gasteiger partial charge in [0.15, 0.2) is 0 Å². The van der Waals surface area contributed by atoms with Gasteiger partial charge in [0.2, 0.25) is 5.91 Å². The van der Waals surface area contributed by atoms with Gasteiger partial charge in [-0.2, -0.15) is 0 Å². The van der Waals surface area contributed by atoms with Crippen LogP contribution in [0.4, 0.5) is 0 Å². The van der Waals surface area contributed by atoms with Crippen LogP contribution in [0.1, 0.15) is 45.7 Å². The van der Waals surface area contributed by atoms with Gasteiger partial charge in [0.1, 0.15) is 6.61 Å². The molecule has 0 bridgehead atoms. The van der Waals surface area contributed by atoms with E-state index >= 15 is 0 Å². The molecule has 0 fully saturated rings. The summed E-state index contributed by atoms with van der Waals surface area (Å²) in [5.41, 5.74) is 2.47. The van der Waals surface area contributed by atoms with Crippen molar-refractivity contribution in [1.82, 2.24) is 5.32 Å². The molecule has 1 aromatic carbocycles.